The second kappa shape index (κ2) is 10.1. The fourth-order valence-electron chi connectivity index (χ4n) is 6.01. The Kier molecular flexibility index (Phi) is 8.15. The summed E-state index contributed by atoms with van der Waals surface area (Å²) in [6.45, 7) is 13.7. The van der Waals surface area contributed by atoms with Crippen molar-refractivity contribution < 1.29 is 54.0 Å². The minimum absolute atomic E-state index is 0. The zero-order valence-corrected chi connectivity index (χ0v) is 25.7. The van der Waals surface area contributed by atoms with E-state index in [4.69, 9.17) is 4.42 Å². The Morgan fingerprint density at radius 1 is 0.941 bits per heavy atom. The van der Waals surface area contributed by atoms with Crippen LogP contribution in [0.4, 0.5) is 0 Å². The summed E-state index contributed by atoms with van der Waals surface area (Å²) >= 11 is 1.59. The van der Waals surface area contributed by atoms with Crippen LogP contribution in [-0.2, 0) is 31.1 Å². The van der Waals surface area contributed by atoms with Crippen molar-refractivity contribution in [1.29, 1.82) is 0 Å². The van der Waals surface area contributed by atoms with Gasteiger partial charge in [0.05, 0.1) is 8.07 Å². The van der Waals surface area contributed by atoms with Gasteiger partial charge in [0.2, 0.25) is 0 Å². The summed E-state index contributed by atoms with van der Waals surface area (Å²) in [5.74, 6) is 2.35. The number of halogens is 2. The normalized spacial score (nSPS) is 20.2. The molecule has 3 aromatic rings. The number of allylic oxidation sites excluding steroid dienone is 2. The molecule has 0 fully saturated rings. The van der Waals surface area contributed by atoms with E-state index in [1.54, 1.807) is 35.5 Å². The van der Waals surface area contributed by atoms with Crippen LogP contribution in [0.25, 0.3) is 22.4 Å². The minimum Gasteiger partial charge on any atom is -1.00 e. The van der Waals surface area contributed by atoms with Crippen LogP contribution in [0.3, 0.4) is 0 Å². The molecule has 2 atom stereocenters. The van der Waals surface area contributed by atoms with E-state index in [0.29, 0.717) is 9.17 Å². The smallest absolute Gasteiger partial charge is 1.00 e. The SMILES string of the molecule is CC1=C2c3cc(C)oc3C1[Si]2(C)C.CCc1ccc(-c2cccc3c2C=C(C)[CH]3[Zr+2])cc1.[Cl-].[Cl-]. The van der Waals surface area contributed by atoms with E-state index in [2.05, 4.69) is 88.5 Å². The minimum atomic E-state index is -1.10. The molecule has 2 aliphatic heterocycles. The molecule has 3 heterocycles. The molecule has 2 bridgehead atoms. The second-order valence-corrected chi connectivity index (χ2v) is 16.0. The second-order valence-electron chi connectivity index (χ2n) is 10.0. The molecule has 0 N–H and O–H groups in total. The summed E-state index contributed by atoms with van der Waals surface area (Å²) in [5, 5.41) is 1.67. The van der Waals surface area contributed by atoms with Gasteiger partial charge in [-0.15, -0.1) is 0 Å². The predicted octanol–water partition coefficient (Wildman–Crippen LogP) is 2.19. The van der Waals surface area contributed by atoms with Gasteiger partial charge in [0, 0.05) is 11.1 Å². The van der Waals surface area contributed by atoms with Gasteiger partial charge in [-0.1, -0.05) is 18.7 Å². The van der Waals surface area contributed by atoms with Crippen LogP contribution in [0, 0.1) is 6.92 Å². The fourth-order valence-corrected chi connectivity index (χ4v) is 11.0. The van der Waals surface area contributed by atoms with Gasteiger partial charge in [-0.2, -0.15) is 0 Å². The fraction of sp³-hybridized carbons (Fsp3) is 0.310. The van der Waals surface area contributed by atoms with Gasteiger partial charge in [0.25, 0.3) is 0 Å². The van der Waals surface area contributed by atoms with Gasteiger partial charge in [-0.05, 0) is 25.1 Å². The maximum absolute atomic E-state index is 5.78. The number of hydrogen-bond donors (Lipinski definition) is 0. The van der Waals surface area contributed by atoms with Crippen LogP contribution < -0.4 is 24.8 Å². The van der Waals surface area contributed by atoms with Gasteiger partial charge in [-0.3, -0.25) is 0 Å². The summed E-state index contributed by atoms with van der Waals surface area (Å²) in [4.78, 5) is 0. The Bertz CT molecular complexity index is 1280. The number of aryl methyl sites for hydroxylation is 2. The molecule has 2 unspecified atom stereocenters. The molecule has 0 saturated carbocycles. The van der Waals surface area contributed by atoms with Crippen molar-refractivity contribution in [3.8, 4) is 11.1 Å². The van der Waals surface area contributed by atoms with Crippen molar-refractivity contribution in [3.05, 3.63) is 93.5 Å². The summed E-state index contributed by atoms with van der Waals surface area (Å²) in [6.07, 6.45) is 3.48. The maximum atomic E-state index is 5.78. The van der Waals surface area contributed by atoms with E-state index in [9.17, 15) is 0 Å². The quantitative estimate of drug-likeness (QED) is 0.421. The molecule has 0 amide bonds. The van der Waals surface area contributed by atoms with Crippen molar-refractivity contribution >= 4 is 19.3 Å². The van der Waals surface area contributed by atoms with Gasteiger partial charge in [0.15, 0.2) is 0 Å². The van der Waals surface area contributed by atoms with Crippen molar-refractivity contribution in [2.75, 3.05) is 0 Å². The van der Waals surface area contributed by atoms with Crippen LogP contribution in [-0.4, -0.2) is 8.07 Å². The summed E-state index contributed by atoms with van der Waals surface area (Å²) < 4.78 is 6.43. The Morgan fingerprint density at radius 2 is 1.62 bits per heavy atom. The molecule has 5 heteroatoms. The van der Waals surface area contributed by atoms with Crippen LogP contribution in [0.2, 0.25) is 13.1 Å². The van der Waals surface area contributed by atoms with Crippen LogP contribution in [0.1, 0.15) is 63.7 Å². The average Bonchev–Trinajstić information content (AvgIpc) is 3.42. The first-order chi connectivity index (χ1) is 15.2. The predicted molar refractivity (Wildman–Crippen MR) is 134 cm³/mol. The number of furan rings is 1. The van der Waals surface area contributed by atoms with Gasteiger partial charge in [0.1, 0.15) is 11.5 Å². The van der Waals surface area contributed by atoms with E-state index in [-0.39, 0.29) is 24.8 Å². The molecule has 0 radical (unpaired) electrons. The van der Waals surface area contributed by atoms with Gasteiger partial charge < -0.3 is 29.2 Å². The van der Waals surface area contributed by atoms with E-state index >= 15 is 0 Å². The molecule has 1 aromatic heterocycles. The van der Waals surface area contributed by atoms with Crippen molar-refractivity contribution in [2.45, 2.75) is 56.4 Å². The molecular weight excluding hydrogens is 555 g/mol. The summed E-state index contributed by atoms with van der Waals surface area (Å²) in [6, 6.07) is 18.0. The Morgan fingerprint density at radius 3 is 2.21 bits per heavy atom. The van der Waals surface area contributed by atoms with E-state index < -0.39 is 8.07 Å². The largest absolute Gasteiger partial charge is 1.00 e. The molecule has 1 nitrogen and oxygen atoms in total. The average molecular weight is 586 g/mol. The first kappa shape index (κ1) is 27.5. The maximum Gasteiger partial charge on any atom is -1.00 e. The Hall–Kier alpha value is -1.12. The molecule has 34 heavy (non-hydrogen) atoms. The first-order valence-corrected chi connectivity index (χ1v) is 16.2. The molecule has 0 spiro atoms. The number of fused-ring (bicyclic) bond motifs is 1. The standard InChI is InChI=1S/C18H17.C11H14OSi.2ClH.Zr/c1-3-14-7-9-15(10-8-14)17-6-4-5-16-11-13(2)12-18(16)17;1-6-5-8-9(12-6)11-7(2)10(8)13(11,3)4;;;/h4-12H,3H2,1-2H3;5,11H,1-4H3;2*1H;/q;;;;+2/p-2. The zero-order chi connectivity index (χ0) is 22.8. The van der Waals surface area contributed by atoms with E-state index in [1.807, 2.05) is 6.92 Å². The van der Waals surface area contributed by atoms with Crippen LogP contribution >= 0.6 is 0 Å². The molecule has 4 aliphatic rings. The Labute approximate surface area is 232 Å². The molecular formula is C29H31Cl2OSiZr. The molecule has 175 valence electrons. The van der Waals surface area contributed by atoms with Crippen molar-refractivity contribution in [3.63, 3.8) is 0 Å². The van der Waals surface area contributed by atoms with E-state index in [0.717, 1.165) is 12.2 Å². The molecule has 2 aromatic carbocycles. The van der Waals surface area contributed by atoms with Crippen molar-refractivity contribution in [1.82, 2.24) is 0 Å². The molecule has 7 rings (SSSR count). The first-order valence-electron chi connectivity index (χ1n) is 11.7. The zero-order valence-electron chi connectivity index (χ0n) is 20.7. The van der Waals surface area contributed by atoms with Gasteiger partial charge >= 0.3 is 131 Å². The van der Waals surface area contributed by atoms with Crippen molar-refractivity contribution in [2.24, 2.45) is 0 Å². The monoisotopic (exact) mass is 583 g/mol. The van der Waals surface area contributed by atoms with Gasteiger partial charge in [-0.25, -0.2) is 0 Å². The van der Waals surface area contributed by atoms with Crippen LogP contribution in [0.5, 0.6) is 0 Å². The third-order valence-electron chi connectivity index (χ3n) is 7.56. The third kappa shape index (κ3) is 4.21. The number of hydrogen-bond acceptors (Lipinski definition) is 1. The van der Waals surface area contributed by atoms with E-state index in [1.165, 1.54) is 44.7 Å². The topological polar surface area (TPSA) is 13.1 Å². The summed E-state index contributed by atoms with van der Waals surface area (Å²) in [7, 11) is -1.10. The molecule has 0 saturated heterocycles. The Balaban J connectivity index is 0.000000190. The number of rotatable bonds is 2. The third-order valence-corrected chi connectivity index (χ3v) is 13.5. The molecule has 2 aliphatic carbocycles. The van der Waals surface area contributed by atoms with Crippen LogP contribution in [0.15, 0.2) is 64.1 Å². The number of benzene rings is 2. The summed E-state index contributed by atoms with van der Waals surface area (Å²) in [5.41, 5.74) is 12.3.